The number of piperazine rings is 1. The molecule has 1 heterocycles. The molecule has 0 atom stereocenters. The third kappa shape index (κ3) is 5.35. The Kier molecular flexibility index (Phi) is 7.05. The van der Waals surface area contributed by atoms with Crippen LogP contribution < -0.4 is 9.64 Å². The van der Waals surface area contributed by atoms with E-state index in [1.54, 1.807) is 18.9 Å². The molecule has 1 aliphatic heterocycles. The lowest BCUT2D eigenvalue weighted by atomic mass is 10.1. The summed E-state index contributed by atoms with van der Waals surface area (Å²) in [4.78, 5) is 18.5. The lowest BCUT2D eigenvalue weighted by Crippen LogP contribution is -2.48. The number of anilines is 1. The monoisotopic (exact) mass is 452 g/mol. The number of nitrogens with zero attached hydrogens (tertiary/aromatic N) is 2. The maximum atomic E-state index is 13.2. The number of hydrogen-bond donors (Lipinski definition) is 0. The quantitative estimate of drug-likeness (QED) is 0.455. The van der Waals surface area contributed by atoms with E-state index in [1.807, 2.05) is 65.6 Å². The van der Waals surface area contributed by atoms with E-state index in [0.717, 1.165) is 34.3 Å². The topological polar surface area (TPSA) is 32.8 Å². The number of methoxy groups -OCH3 is 1. The number of carbonyl (C=O) groups excluding carboxylic acids is 1. The molecule has 0 unspecified atom stereocenters. The summed E-state index contributed by atoms with van der Waals surface area (Å²) in [6.07, 6.45) is 0. The van der Waals surface area contributed by atoms with Gasteiger partial charge in [0.2, 0.25) is 0 Å². The number of carbonyl (C=O) groups is 1. The molecule has 31 heavy (non-hydrogen) atoms. The first-order valence-electron chi connectivity index (χ1n) is 10.3. The highest BCUT2D eigenvalue weighted by Crippen LogP contribution is 2.30. The van der Waals surface area contributed by atoms with Crippen LogP contribution in [-0.2, 0) is 5.75 Å². The summed E-state index contributed by atoms with van der Waals surface area (Å²) in [7, 11) is 1.66. The number of ether oxygens (including phenoxy) is 1. The van der Waals surface area contributed by atoms with E-state index in [4.69, 9.17) is 16.3 Å². The van der Waals surface area contributed by atoms with E-state index < -0.39 is 0 Å². The largest absolute Gasteiger partial charge is 0.496 e. The van der Waals surface area contributed by atoms with Gasteiger partial charge in [-0.3, -0.25) is 4.79 Å². The van der Waals surface area contributed by atoms with Crippen molar-refractivity contribution in [3.8, 4) is 5.75 Å². The lowest BCUT2D eigenvalue weighted by Gasteiger charge is -2.36. The van der Waals surface area contributed by atoms with Gasteiger partial charge in [0, 0.05) is 58.7 Å². The number of amides is 1. The van der Waals surface area contributed by atoms with Gasteiger partial charge in [0.25, 0.3) is 5.91 Å². The van der Waals surface area contributed by atoms with Crippen LogP contribution in [-0.4, -0.2) is 44.1 Å². The molecule has 3 aromatic rings. The van der Waals surface area contributed by atoms with Crippen LogP contribution in [0.25, 0.3) is 0 Å². The van der Waals surface area contributed by atoms with Crippen molar-refractivity contribution in [2.75, 3.05) is 38.2 Å². The smallest absolute Gasteiger partial charge is 0.253 e. The van der Waals surface area contributed by atoms with Crippen LogP contribution in [0.5, 0.6) is 5.75 Å². The fraction of sp³-hybridized carbons (Fsp3) is 0.240. The predicted octanol–water partition coefficient (Wildman–Crippen LogP) is 5.60. The van der Waals surface area contributed by atoms with Crippen LogP contribution in [0.4, 0.5) is 5.69 Å². The van der Waals surface area contributed by atoms with Gasteiger partial charge in [0.05, 0.1) is 7.11 Å². The van der Waals surface area contributed by atoms with Gasteiger partial charge in [-0.2, -0.15) is 0 Å². The fourth-order valence-corrected chi connectivity index (χ4v) is 4.71. The predicted molar refractivity (Wildman–Crippen MR) is 129 cm³/mol. The molecule has 1 fully saturated rings. The molecular weight excluding hydrogens is 428 g/mol. The minimum absolute atomic E-state index is 0.0770. The first-order chi connectivity index (χ1) is 15.1. The summed E-state index contributed by atoms with van der Waals surface area (Å²) >= 11 is 7.67. The van der Waals surface area contributed by atoms with E-state index in [-0.39, 0.29) is 5.91 Å². The molecule has 0 bridgehead atoms. The van der Waals surface area contributed by atoms with Gasteiger partial charge in [0.1, 0.15) is 5.75 Å². The van der Waals surface area contributed by atoms with Crippen LogP contribution in [0.3, 0.4) is 0 Å². The molecule has 0 aliphatic carbocycles. The molecule has 0 spiro atoms. The highest BCUT2D eigenvalue weighted by Gasteiger charge is 2.23. The van der Waals surface area contributed by atoms with E-state index >= 15 is 0 Å². The average molecular weight is 453 g/mol. The molecule has 1 saturated heterocycles. The number of para-hydroxylation sites is 1. The highest BCUT2D eigenvalue weighted by molar-refractivity contribution is 7.98. The molecule has 160 valence electrons. The first-order valence-corrected chi connectivity index (χ1v) is 11.6. The van der Waals surface area contributed by atoms with Crippen LogP contribution in [0.1, 0.15) is 15.9 Å². The molecule has 0 aromatic heterocycles. The van der Waals surface area contributed by atoms with Crippen molar-refractivity contribution in [2.45, 2.75) is 10.6 Å². The van der Waals surface area contributed by atoms with Crippen molar-refractivity contribution in [1.82, 2.24) is 4.90 Å². The standard InChI is InChI=1S/C25H25ClN2O2S/c1-30-24-12-7-19(17-20(24)18-31-23-10-8-21(26)9-11-23)25(29)28-15-13-27(14-16-28)22-5-3-2-4-6-22/h2-12,17H,13-16,18H2,1H3. The van der Waals surface area contributed by atoms with Gasteiger partial charge in [-0.05, 0) is 54.6 Å². The van der Waals surface area contributed by atoms with Crippen molar-refractivity contribution >= 4 is 35.0 Å². The Morgan fingerprint density at radius 2 is 1.68 bits per heavy atom. The summed E-state index contributed by atoms with van der Waals surface area (Å²) in [6.45, 7) is 3.11. The Balaban J connectivity index is 1.42. The van der Waals surface area contributed by atoms with Crippen molar-refractivity contribution in [1.29, 1.82) is 0 Å². The Hall–Kier alpha value is -2.63. The zero-order valence-corrected chi connectivity index (χ0v) is 19.0. The average Bonchev–Trinajstić information content (AvgIpc) is 2.83. The SMILES string of the molecule is COc1ccc(C(=O)N2CCN(c3ccccc3)CC2)cc1CSc1ccc(Cl)cc1. The Morgan fingerprint density at radius 1 is 0.968 bits per heavy atom. The second kappa shape index (κ2) is 10.1. The fourth-order valence-electron chi connectivity index (χ4n) is 3.71. The van der Waals surface area contributed by atoms with Crippen molar-refractivity contribution in [3.63, 3.8) is 0 Å². The van der Waals surface area contributed by atoms with Crippen molar-refractivity contribution < 1.29 is 9.53 Å². The van der Waals surface area contributed by atoms with Gasteiger partial charge < -0.3 is 14.5 Å². The summed E-state index contributed by atoms with van der Waals surface area (Å²) in [6, 6.07) is 23.8. The summed E-state index contributed by atoms with van der Waals surface area (Å²) < 4.78 is 5.53. The van der Waals surface area contributed by atoms with Gasteiger partial charge in [-0.15, -0.1) is 11.8 Å². The van der Waals surface area contributed by atoms with E-state index in [0.29, 0.717) is 24.4 Å². The molecule has 4 nitrogen and oxygen atoms in total. The van der Waals surface area contributed by atoms with Crippen LogP contribution >= 0.6 is 23.4 Å². The number of halogens is 1. The van der Waals surface area contributed by atoms with E-state index in [2.05, 4.69) is 17.0 Å². The van der Waals surface area contributed by atoms with E-state index in [1.165, 1.54) is 5.69 Å². The number of benzene rings is 3. The second-order valence-corrected chi connectivity index (χ2v) is 8.87. The van der Waals surface area contributed by atoms with Crippen molar-refractivity contribution in [2.24, 2.45) is 0 Å². The molecule has 3 aromatic carbocycles. The van der Waals surface area contributed by atoms with E-state index in [9.17, 15) is 4.79 Å². The zero-order valence-electron chi connectivity index (χ0n) is 17.5. The normalized spacial score (nSPS) is 13.9. The van der Waals surface area contributed by atoms with Gasteiger partial charge in [-0.25, -0.2) is 0 Å². The van der Waals surface area contributed by atoms with Gasteiger partial charge in [-0.1, -0.05) is 29.8 Å². The van der Waals surface area contributed by atoms with Crippen LogP contribution in [0.15, 0.2) is 77.7 Å². The summed E-state index contributed by atoms with van der Waals surface area (Å²) in [5.41, 5.74) is 2.93. The molecule has 6 heteroatoms. The van der Waals surface area contributed by atoms with Crippen LogP contribution in [0, 0.1) is 0 Å². The van der Waals surface area contributed by atoms with Gasteiger partial charge in [0.15, 0.2) is 0 Å². The Morgan fingerprint density at radius 3 is 2.35 bits per heavy atom. The Labute approximate surface area is 192 Å². The molecule has 0 N–H and O–H groups in total. The number of rotatable bonds is 6. The number of thioether (sulfide) groups is 1. The summed E-state index contributed by atoms with van der Waals surface area (Å²) in [5.74, 6) is 1.59. The molecule has 1 amide bonds. The molecule has 4 rings (SSSR count). The number of hydrogen-bond acceptors (Lipinski definition) is 4. The van der Waals surface area contributed by atoms with Crippen molar-refractivity contribution in [3.05, 3.63) is 88.9 Å². The highest BCUT2D eigenvalue weighted by atomic mass is 35.5. The second-order valence-electron chi connectivity index (χ2n) is 7.38. The third-order valence-electron chi connectivity index (χ3n) is 5.42. The summed E-state index contributed by atoms with van der Waals surface area (Å²) in [5, 5.41) is 0.724. The molecule has 0 radical (unpaired) electrons. The maximum absolute atomic E-state index is 13.2. The molecular formula is C25H25ClN2O2S. The first kappa shape index (κ1) is 21.6. The lowest BCUT2D eigenvalue weighted by molar-refractivity contribution is 0.0746. The minimum atomic E-state index is 0.0770. The molecule has 0 saturated carbocycles. The third-order valence-corrected chi connectivity index (χ3v) is 6.74. The zero-order chi connectivity index (χ0) is 21.6. The van der Waals surface area contributed by atoms with Gasteiger partial charge >= 0.3 is 0 Å². The molecule has 1 aliphatic rings. The Bertz CT molecular complexity index is 1020. The minimum Gasteiger partial charge on any atom is -0.496 e. The maximum Gasteiger partial charge on any atom is 0.253 e. The van der Waals surface area contributed by atoms with Crippen LogP contribution in [0.2, 0.25) is 5.02 Å².